The number of halogens is 3. The summed E-state index contributed by atoms with van der Waals surface area (Å²) >= 11 is 16.5. The fourth-order valence-corrected chi connectivity index (χ4v) is 6.85. The number of sulfonamides is 1. The first-order chi connectivity index (χ1) is 21.1. The molecule has 7 nitrogen and oxygen atoms in total. The minimum Gasteiger partial charge on any atom is -0.354 e. The second-order valence-corrected chi connectivity index (χ2v) is 13.6. The van der Waals surface area contributed by atoms with E-state index in [9.17, 15) is 18.0 Å². The van der Waals surface area contributed by atoms with Crippen LogP contribution in [0.5, 0.6) is 0 Å². The second-order valence-electron chi connectivity index (χ2n) is 10.0. The third-order valence-corrected chi connectivity index (χ3v) is 9.96. The monoisotopic (exact) mass is 715 g/mol. The number of anilines is 1. The molecule has 0 bridgehead atoms. The standard InChI is InChI=1S/C33H32BrCl2N3O4S/c1-2-20-37-33(41)31(21-24-10-5-3-6-11-24)38(22-28-29(35)14-9-15-30(28)36)32(40)23-39(26-18-16-25(34)17-19-26)44(42,43)27-12-7-4-8-13-27/h3-19,31H,2,20-23H2,1H3,(H,37,41)/t31-/m0/s1. The Labute approximate surface area is 277 Å². The molecule has 0 aromatic heterocycles. The maximum atomic E-state index is 14.5. The Kier molecular flexibility index (Phi) is 11.9. The molecule has 230 valence electrons. The van der Waals surface area contributed by atoms with E-state index in [-0.39, 0.29) is 29.5 Å². The first-order valence-corrected chi connectivity index (χ1v) is 17.0. The summed E-state index contributed by atoms with van der Waals surface area (Å²) in [5.74, 6) is -0.968. The van der Waals surface area contributed by atoms with Gasteiger partial charge in [0.1, 0.15) is 12.6 Å². The Morgan fingerprint density at radius 2 is 1.43 bits per heavy atom. The molecule has 0 radical (unpaired) electrons. The highest BCUT2D eigenvalue weighted by atomic mass is 79.9. The fraction of sp³-hybridized carbons (Fsp3) is 0.212. The number of rotatable bonds is 13. The van der Waals surface area contributed by atoms with Crippen LogP contribution in [-0.2, 0) is 32.6 Å². The van der Waals surface area contributed by atoms with Gasteiger partial charge in [-0.05, 0) is 60.5 Å². The van der Waals surface area contributed by atoms with Gasteiger partial charge >= 0.3 is 0 Å². The molecule has 1 N–H and O–H groups in total. The molecular weight excluding hydrogens is 685 g/mol. The van der Waals surface area contributed by atoms with Gasteiger partial charge in [0.05, 0.1) is 10.6 Å². The van der Waals surface area contributed by atoms with Gasteiger partial charge in [-0.25, -0.2) is 8.42 Å². The molecule has 11 heteroatoms. The molecule has 0 aliphatic heterocycles. The average Bonchev–Trinajstić information content (AvgIpc) is 3.03. The smallest absolute Gasteiger partial charge is 0.264 e. The summed E-state index contributed by atoms with van der Waals surface area (Å²) in [6.07, 6.45) is 0.884. The Hall–Kier alpha value is -3.37. The summed E-state index contributed by atoms with van der Waals surface area (Å²) in [6.45, 7) is 1.65. The van der Waals surface area contributed by atoms with E-state index in [0.717, 1.165) is 14.3 Å². The molecule has 0 aliphatic rings. The predicted molar refractivity (Wildman–Crippen MR) is 179 cm³/mol. The van der Waals surface area contributed by atoms with E-state index in [2.05, 4.69) is 21.2 Å². The number of nitrogens with one attached hydrogen (secondary N) is 1. The SMILES string of the molecule is CCCNC(=O)[C@H](Cc1ccccc1)N(Cc1c(Cl)cccc1Cl)C(=O)CN(c1ccc(Br)cc1)S(=O)(=O)c1ccccc1. The van der Waals surface area contributed by atoms with Gasteiger partial charge in [-0.15, -0.1) is 0 Å². The lowest BCUT2D eigenvalue weighted by Gasteiger charge is -2.34. The highest BCUT2D eigenvalue weighted by molar-refractivity contribution is 9.10. The van der Waals surface area contributed by atoms with Crippen molar-refractivity contribution in [3.8, 4) is 0 Å². The number of hydrogen-bond donors (Lipinski definition) is 1. The predicted octanol–water partition coefficient (Wildman–Crippen LogP) is 7.12. The van der Waals surface area contributed by atoms with Crippen LogP contribution in [0.25, 0.3) is 0 Å². The van der Waals surface area contributed by atoms with Gasteiger partial charge in [-0.2, -0.15) is 0 Å². The van der Waals surface area contributed by atoms with E-state index in [1.54, 1.807) is 60.7 Å². The van der Waals surface area contributed by atoms with Crippen molar-refractivity contribution in [1.29, 1.82) is 0 Å². The van der Waals surface area contributed by atoms with Gasteiger partial charge in [-0.1, -0.05) is 101 Å². The highest BCUT2D eigenvalue weighted by Gasteiger charge is 2.35. The van der Waals surface area contributed by atoms with E-state index >= 15 is 0 Å². The normalized spacial score (nSPS) is 11.9. The van der Waals surface area contributed by atoms with Crippen molar-refractivity contribution in [2.24, 2.45) is 0 Å². The van der Waals surface area contributed by atoms with Crippen molar-refractivity contribution in [2.75, 3.05) is 17.4 Å². The van der Waals surface area contributed by atoms with Crippen LogP contribution in [0.3, 0.4) is 0 Å². The van der Waals surface area contributed by atoms with Crippen LogP contribution < -0.4 is 9.62 Å². The molecule has 0 saturated carbocycles. The lowest BCUT2D eigenvalue weighted by Crippen LogP contribution is -2.53. The van der Waals surface area contributed by atoms with Gasteiger partial charge in [0.15, 0.2) is 0 Å². The van der Waals surface area contributed by atoms with E-state index in [1.807, 2.05) is 37.3 Å². The Morgan fingerprint density at radius 1 is 0.841 bits per heavy atom. The first kappa shape index (κ1) is 33.5. The number of carbonyl (C=O) groups is 2. The van der Waals surface area contributed by atoms with Gasteiger partial charge in [0.25, 0.3) is 10.0 Å². The van der Waals surface area contributed by atoms with Crippen molar-refractivity contribution in [2.45, 2.75) is 37.2 Å². The molecule has 4 aromatic rings. The van der Waals surface area contributed by atoms with Crippen LogP contribution >= 0.6 is 39.1 Å². The molecule has 0 fully saturated rings. The Morgan fingerprint density at radius 3 is 2.02 bits per heavy atom. The van der Waals surface area contributed by atoms with E-state index in [0.29, 0.717) is 28.6 Å². The lowest BCUT2D eigenvalue weighted by molar-refractivity contribution is -0.140. The molecule has 4 rings (SSSR count). The molecule has 0 saturated heterocycles. The largest absolute Gasteiger partial charge is 0.354 e. The minimum absolute atomic E-state index is 0.0259. The number of benzene rings is 4. The van der Waals surface area contributed by atoms with Crippen molar-refractivity contribution < 1.29 is 18.0 Å². The summed E-state index contributed by atoms with van der Waals surface area (Å²) in [5.41, 5.74) is 1.57. The van der Waals surface area contributed by atoms with Crippen LogP contribution in [0.2, 0.25) is 10.0 Å². The number of hydrogen-bond acceptors (Lipinski definition) is 4. The van der Waals surface area contributed by atoms with Crippen molar-refractivity contribution >= 4 is 66.7 Å². The molecule has 1 atom stereocenters. The van der Waals surface area contributed by atoms with Crippen LogP contribution in [0.1, 0.15) is 24.5 Å². The molecule has 44 heavy (non-hydrogen) atoms. The number of nitrogens with zero attached hydrogens (tertiary/aromatic N) is 2. The number of carbonyl (C=O) groups excluding carboxylic acids is 2. The quantitative estimate of drug-likeness (QED) is 0.160. The van der Waals surface area contributed by atoms with Gasteiger partial charge in [0, 0.05) is 39.6 Å². The third kappa shape index (κ3) is 8.41. The molecule has 0 unspecified atom stereocenters. The highest BCUT2D eigenvalue weighted by Crippen LogP contribution is 2.29. The summed E-state index contributed by atoms with van der Waals surface area (Å²) in [5, 5.41) is 3.56. The van der Waals surface area contributed by atoms with Crippen molar-refractivity contribution in [3.63, 3.8) is 0 Å². The van der Waals surface area contributed by atoms with Crippen molar-refractivity contribution in [1.82, 2.24) is 10.2 Å². The molecule has 0 aliphatic carbocycles. The van der Waals surface area contributed by atoms with Gasteiger partial charge in [0.2, 0.25) is 11.8 Å². The molecule has 4 aromatic carbocycles. The zero-order chi connectivity index (χ0) is 31.7. The average molecular weight is 718 g/mol. The maximum absolute atomic E-state index is 14.5. The van der Waals surface area contributed by atoms with Gasteiger partial charge in [-0.3, -0.25) is 13.9 Å². The Balaban J connectivity index is 1.82. The van der Waals surface area contributed by atoms with Crippen LogP contribution in [0.15, 0.2) is 112 Å². The second kappa shape index (κ2) is 15.6. The van der Waals surface area contributed by atoms with E-state index in [4.69, 9.17) is 23.2 Å². The van der Waals surface area contributed by atoms with Crippen molar-refractivity contribution in [3.05, 3.63) is 129 Å². The van der Waals surface area contributed by atoms with Crippen LogP contribution in [-0.4, -0.2) is 44.3 Å². The van der Waals surface area contributed by atoms with Gasteiger partial charge < -0.3 is 10.2 Å². The molecule has 2 amide bonds. The maximum Gasteiger partial charge on any atom is 0.264 e. The minimum atomic E-state index is -4.19. The summed E-state index contributed by atoms with van der Waals surface area (Å²) in [6, 6.07) is 27.9. The number of amides is 2. The molecular formula is C33H32BrCl2N3O4S. The fourth-order valence-electron chi connectivity index (χ4n) is 4.63. The van der Waals surface area contributed by atoms with Crippen LogP contribution in [0.4, 0.5) is 5.69 Å². The summed E-state index contributed by atoms with van der Waals surface area (Å²) in [7, 11) is -4.19. The Bertz CT molecular complexity index is 1650. The lowest BCUT2D eigenvalue weighted by atomic mass is 10.0. The molecule has 0 heterocycles. The zero-order valence-electron chi connectivity index (χ0n) is 24.0. The van der Waals surface area contributed by atoms with E-state index in [1.165, 1.54) is 17.0 Å². The topological polar surface area (TPSA) is 86.8 Å². The zero-order valence-corrected chi connectivity index (χ0v) is 27.9. The summed E-state index contributed by atoms with van der Waals surface area (Å²) < 4.78 is 29.8. The summed E-state index contributed by atoms with van der Waals surface area (Å²) in [4.78, 5) is 29.6. The first-order valence-electron chi connectivity index (χ1n) is 14.0. The molecule has 0 spiro atoms. The van der Waals surface area contributed by atoms with E-state index < -0.39 is 28.5 Å². The third-order valence-electron chi connectivity index (χ3n) is 6.94. The van der Waals surface area contributed by atoms with Crippen LogP contribution in [0, 0.1) is 0 Å².